The molecule has 0 nitrogen and oxygen atoms in total. The van der Waals surface area contributed by atoms with Gasteiger partial charge in [-0.05, 0) is 109 Å². The van der Waals surface area contributed by atoms with Gasteiger partial charge in [-0.1, -0.05) is 94.5 Å². The van der Waals surface area contributed by atoms with Gasteiger partial charge in [-0.2, -0.15) is 0 Å². The van der Waals surface area contributed by atoms with Crippen molar-refractivity contribution in [1.29, 1.82) is 0 Å². The van der Waals surface area contributed by atoms with E-state index in [1.165, 1.54) is 51.4 Å². The molecule has 0 amide bonds. The Morgan fingerprint density at radius 1 is 0.625 bits per heavy atom. The summed E-state index contributed by atoms with van der Waals surface area (Å²) in [6, 6.07) is 16.3. The molecule has 0 N–H and O–H groups in total. The molecule has 0 unspecified atom stereocenters. The molecule has 3 aromatic carbocycles. The van der Waals surface area contributed by atoms with Gasteiger partial charge in [-0.25, -0.2) is 13.2 Å². The quantitative estimate of drug-likeness (QED) is 0.250. The van der Waals surface area contributed by atoms with Crippen molar-refractivity contribution in [3.05, 3.63) is 83.2 Å². The Kier molecular flexibility index (Phi) is 9.71. The van der Waals surface area contributed by atoms with E-state index in [-0.39, 0.29) is 11.4 Å². The van der Waals surface area contributed by atoms with Crippen molar-refractivity contribution in [2.75, 3.05) is 0 Å². The third kappa shape index (κ3) is 6.50. The third-order valence-electron chi connectivity index (χ3n) is 9.96. The van der Waals surface area contributed by atoms with Crippen LogP contribution in [0.1, 0.15) is 108 Å². The number of hydrogen-bond acceptors (Lipinski definition) is 0. The van der Waals surface area contributed by atoms with Crippen LogP contribution in [0.2, 0.25) is 0 Å². The van der Waals surface area contributed by atoms with Crippen molar-refractivity contribution in [3.8, 4) is 22.3 Å². The summed E-state index contributed by atoms with van der Waals surface area (Å²) >= 11 is 0. The Bertz CT molecular complexity index is 1250. The molecule has 0 saturated heterocycles. The lowest BCUT2D eigenvalue weighted by atomic mass is 9.68. The third-order valence-corrected chi connectivity index (χ3v) is 9.96. The van der Waals surface area contributed by atoms with Gasteiger partial charge in [0.2, 0.25) is 0 Å². The highest BCUT2D eigenvalue weighted by molar-refractivity contribution is 5.71. The first-order valence-electron chi connectivity index (χ1n) is 15.9. The number of benzene rings is 3. The molecule has 0 heterocycles. The lowest BCUT2D eigenvalue weighted by Crippen LogP contribution is -2.25. The minimum absolute atomic E-state index is 0.124. The first-order valence-corrected chi connectivity index (χ1v) is 15.9. The highest BCUT2D eigenvalue weighted by Crippen LogP contribution is 2.45. The SMILES string of the molecule is CCCCc1ccc(-c2ccc(-c3ccc(C4CCC(C5CCC(CCC)CC5)CC4)c(F)c3)cc2)c(F)c1F. The Morgan fingerprint density at radius 3 is 1.88 bits per heavy atom. The molecule has 40 heavy (non-hydrogen) atoms. The van der Waals surface area contributed by atoms with Crippen LogP contribution in [0.5, 0.6) is 0 Å². The van der Waals surface area contributed by atoms with Gasteiger partial charge in [-0.3, -0.25) is 0 Å². The van der Waals surface area contributed by atoms with E-state index in [2.05, 4.69) is 6.92 Å². The number of hydrogen-bond donors (Lipinski definition) is 0. The predicted octanol–water partition coefficient (Wildman–Crippen LogP) is 11.7. The topological polar surface area (TPSA) is 0 Å². The molecule has 0 radical (unpaired) electrons. The second kappa shape index (κ2) is 13.4. The maximum absolute atomic E-state index is 15.4. The Hall–Kier alpha value is -2.55. The van der Waals surface area contributed by atoms with Gasteiger partial charge in [0, 0.05) is 5.56 Å². The number of unbranched alkanes of at least 4 members (excludes halogenated alkanes) is 1. The highest BCUT2D eigenvalue weighted by Gasteiger charge is 2.31. The monoisotopic (exact) mass is 546 g/mol. The molecule has 2 aliphatic rings. The van der Waals surface area contributed by atoms with Crippen LogP contribution >= 0.6 is 0 Å². The molecule has 0 aromatic heterocycles. The largest absolute Gasteiger partial charge is 0.207 e. The smallest absolute Gasteiger partial charge is 0.166 e. The van der Waals surface area contributed by atoms with Crippen molar-refractivity contribution in [3.63, 3.8) is 0 Å². The van der Waals surface area contributed by atoms with Gasteiger partial charge < -0.3 is 0 Å². The molecule has 5 rings (SSSR count). The molecule has 214 valence electrons. The van der Waals surface area contributed by atoms with Crippen LogP contribution in [-0.2, 0) is 6.42 Å². The van der Waals surface area contributed by atoms with Crippen LogP contribution in [0.3, 0.4) is 0 Å². The second-order valence-corrected chi connectivity index (χ2v) is 12.5. The number of aryl methyl sites for hydroxylation is 1. The minimum atomic E-state index is -0.796. The Labute approximate surface area is 239 Å². The molecule has 3 heteroatoms. The second-order valence-electron chi connectivity index (χ2n) is 12.5. The fraction of sp³-hybridized carbons (Fsp3) is 0.514. The summed E-state index contributed by atoms with van der Waals surface area (Å²) in [7, 11) is 0. The van der Waals surface area contributed by atoms with E-state index in [0.29, 0.717) is 23.5 Å². The molecule has 2 fully saturated rings. The molecule has 0 aliphatic heterocycles. The van der Waals surface area contributed by atoms with Crippen LogP contribution in [0.15, 0.2) is 54.6 Å². The van der Waals surface area contributed by atoms with Gasteiger partial charge in [0.15, 0.2) is 11.6 Å². The van der Waals surface area contributed by atoms with Gasteiger partial charge in [0.1, 0.15) is 5.82 Å². The van der Waals surface area contributed by atoms with Crippen molar-refractivity contribution >= 4 is 0 Å². The maximum Gasteiger partial charge on any atom is 0.166 e. The zero-order valence-electron chi connectivity index (χ0n) is 24.3. The van der Waals surface area contributed by atoms with Gasteiger partial charge >= 0.3 is 0 Å². The summed E-state index contributed by atoms with van der Waals surface area (Å²) in [6.07, 6.45) is 15.3. The van der Waals surface area contributed by atoms with E-state index >= 15 is 4.39 Å². The normalized spacial score (nSPS) is 23.3. The van der Waals surface area contributed by atoms with E-state index in [1.807, 2.05) is 31.2 Å². The first kappa shape index (κ1) is 29.0. The average Bonchev–Trinajstić information content (AvgIpc) is 2.99. The molecular weight excluding hydrogens is 501 g/mol. The van der Waals surface area contributed by atoms with Gasteiger partial charge in [-0.15, -0.1) is 0 Å². The van der Waals surface area contributed by atoms with E-state index in [9.17, 15) is 8.78 Å². The van der Waals surface area contributed by atoms with Crippen molar-refractivity contribution in [2.24, 2.45) is 17.8 Å². The summed E-state index contributed by atoms with van der Waals surface area (Å²) in [5.74, 6) is 1.30. The zero-order valence-corrected chi connectivity index (χ0v) is 24.3. The standard InChI is InChI=1S/C37H45F3/c1-3-5-7-31-20-23-34(37(40)36(31)39)30-18-14-28(15-19-30)32-21-22-33(35(38)24-32)29-16-12-27(13-17-29)26-10-8-25(6-4-2)9-11-26/h14-15,18-27,29H,3-13,16-17H2,1-2H3. The Morgan fingerprint density at radius 2 is 1.25 bits per heavy atom. The lowest BCUT2D eigenvalue weighted by Gasteiger charge is -2.38. The molecule has 3 aromatic rings. The summed E-state index contributed by atoms with van der Waals surface area (Å²) < 4.78 is 44.8. The van der Waals surface area contributed by atoms with Crippen molar-refractivity contribution in [1.82, 2.24) is 0 Å². The molecular formula is C37H45F3. The lowest BCUT2D eigenvalue weighted by molar-refractivity contribution is 0.156. The van der Waals surface area contributed by atoms with Crippen molar-refractivity contribution < 1.29 is 13.2 Å². The number of halogens is 3. The van der Waals surface area contributed by atoms with Gasteiger partial charge in [0.25, 0.3) is 0 Å². The van der Waals surface area contributed by atoms with Crippen LogP contribution in [0, 0.1) is 35.2 Å². The number of rotatable bonds is 9. The van der Waals surface area contributed by atoms with E-state index in [1.54, 1.807) is 30.3 Å². The summed E-state index contributed by atoms with van der Waals surface area (Å²) in [5, 5.41) is 0. The molecule has 2 aliphatic carbocycles. The van der Waals surface area contributed by atoms with E-state index in [0.717, 1.165) is 60.1 Å². The van der Waals surface area contributed by atoms with Crippen LogP contribution in [-0.4, -0.2) is 0 Å². The van der Waals surface area contributed by atoms with Crippen LogP contribution in [0.25, 0.3) is 22.3 Å². The minimum Gasteiger partial charge on any atom is -0.207 e. The molecule has 0 bridgehead atoms. The van der Waals surface area contributed by atoms with Crippen molar-refractivity contribution in [2.45, 2.75) is 103 Å². The van der Waals surface area contributed by atoms with Gasteiger partial charge in [0.05, 0.1) is 0 Å². The highest BCUT2D eigenvalue weighted by atomic mass is 19.2. The first-order chi connectivity index (χ1) is 19.5. The van der Waals surface area contributed by atoms with E-state index < -0.39 is 11.6 Å². The average molecular weight is 547 g/mol. The fourth-order valence-corrected chi connectivity index (χ4v) is 7.51. The predicted molar refractivity (Wildman–Crippen MR) is 161 cm³/mol. The van der Waals surface area contributed by atoms with Crippen LogP contribution in [0.4, 0.5) is 13.2 Å². The molecule has 2 saturated carbocycles. The van der Waals surface area contributed by atoms with E-state index in [4.69, 9.17) is 0 Å². The molecule has 0 spiro atoms. The summed E-state index contributed by atoms with van der Waals surface area (Å²) in [5.41, 5.74) is 3.85. The zero-order chi connectivity index (χ0) is 28.1. The molecule has 0 atom stereocenters. The maximum atomic E-state index is 15.4. The summed E-state index contributed by atoms with van der Waals surface area (Å²) in [4.78, 5) is 0. The van der Waals surface area contributed by atoms with Crippen LogP contribution < -0.4 is 0 Å². The summed E-state index contributed by atoms with van der Waals surface area (Å²) in [6.45, 7) is 4.34. The Balaban J connectivity index is 1.21. The fourth-order valence-electron chi connectivity index (χ4n) is 7.51.